The van der Waals surface area contributed by atoms with Crippen LogP contribution in [0.15, 0.2) is 60.7 Å². The largest absolute Gasteiger partial charge is 0.497 e. The minimum absolute atomic E-state index is 0.202. The van der Waals surface area contributed by atoms with Crippen LogP contribution in [0, 0.1) is 22.7 Å². The highest BCUT2D eigenvalue weighted by Crippen LogP contribution is 2.37. The summed E-state index contributed by atoms with van der Waals surface area (Å²) in [5.41, 5.74) is 0.404. The van der Waals surface area contributed by atoms with E-state index in [1.54, 1.807) is 62.8 Å². The molecule has 6 nitrogen and oxygen atoms in total. The Bertz CT molecular complexity index is 960. The smallest absolute Gasteiger partial charge is 0.171 e. The molecule has 6 heteroatoms. The van der Waals surface area contributed by atoms with Gasteiger partial charge in [-0.25, -0.2) is 0 Å². The van der Waals surface area contributed by atoms with Gasteiger partial charge in [0.2, 0.25) is 0 Å². The van der Waals surface area contributed by atoms with Crippen molar-refractivity contribution < 1.29 is 18.9 Å². The van der Waals surface area contributed by atoms with Gasteiger partial charge >= 0.3 is 0 Å². The van der Waals surface area contributed by atoms with Crippen molar-refractivity contribution in [1.82, 2.24) is 0 Å². The maximum Gasteiger partial charge on any atom is 0.171 e. The molecule has 0 heterocycles. The second-order valence-electron chi connectivity index (χ2n) is 5.62. The molecule has 0 N–H and O–H groups in total. The summed E-state index contributed by atoms with van der Waals surface area (Å²) in [6.07, 6.45) is 0. The number of methoxy groups -OCH3 is 2. The van der Waals surface area contributed by atoms with Crippen molar-refractivity contribution >= 4 is 0 Å². The lowest BCUT2D eigenvalue weighted by Gasteiger charge is -2.14. The van der Waals surface area contributed by atoms with Gasteiger partial charge in [-0.1, -0.05) is 0 Å². The highest BCUT2D eigenvalue weighted by molar-refractivity contribution is 5.58. The van der Waals surface area contributed by atoms with Crippen molar-refractivity contribution in [2.24, 2.45) is 0 Å². The fourth-order valence-electron chi connectivity index (χ4n) is 2.45. The van der Waals surface area contributed by atoms with Crippen LogP contribution in [0.4, 0.5) is 0 Å². The van der Waals surface area contributed by atoms with Crippen molar-refractivity contribution in [2.75, 3.05) is 14.2 Å². The van der Waals surface area contributed by atoms with Crippen LogP contribution in [0.2, 0.25) is 0 Å². The lowest BCUT2D eigenvalue weighted by Crippen LogP contribution is -1.95. The molecule has 0 fully saturated rings. The van der Waals surface area contributed by atoms with E-state index in [0.717, 1.165) is 0 Å². The highest BCUT2D eigenvalue weighted by atomic mass is 16.5. The first-order chi connectivity index (χ1) is 13.7. The molecule has 138 valence electrons. The van der Waals surface area contributed by atoms with Gasteiger partial charge in [-0.05, 0) is 48.5 Å². The molecule has 0 atom stereocenters. The first-order valence-electron chi connectivity index (χ1n) is 8.29. The van der Waals surface area contributed by atoms with Crippen LogP contribution < -0.4 is 18.9 Å². The molecule has 3 rings (SSSR count). The van der Waals surface area contributed by atoms with Crippen molar-refractivity contribution in [3.8, 4) is 46.6 Å². The monoisotopic (exact) mass is 372 g/mol. The average molecular weight is 372 g/mol. The number of nitrogens with zero attached hydrogens (tertiary/aromatic N) is 2. The van der Waals surface area contributed by atoms with E-state index in [1.807, 2.05) is 12.1 Å². The molecule has 0 aliphatic heterocycles. The standard InChI is InChI=1S/C22H16N2O4/c1-25-17-3-7-19(8-4-17)27-21-11-15(13-23)16(14-24)12-22(21)28-20-9-5-18(26-2)6-10-20/h3-12H,1-2H3. The molecule has 0 saturated heterocycles. The van der Waals surface area contributed by atoms with E-state index in [9.17, 15) is 10.5 Å². The topological polar surface area (TPSA) is 84.5 Å². The third-order valence-corrected chi connectivity index (χ3v) is 3.90. The van der Waals surface area contributed by atoms with Gasteiger partial charge in [0.25, 0.3) is 0 Å². The lowest BCUT2D eigenvalue weighted by molar-refractivity contribution is 0.405. The number of ether oxygens (including phenoxy) is 4. The molecule has 0 amide bonds. The minimum Gasteiger partial charge on any atom is -0.497 e. The number of hydrogen-bond acceptors (Lipinski definition) is 6. The van der Waals surface area contributed by atoms with E-state index >= 15 is 0 Å². The number of benzene rings is 3. The molecule has 0 aromatic heterocycles. The van der Waals surface area contributed by atoms with Gasteiger partial charge in [-0.3, -0.25) is 0 Å². The zero-order valence-electron chi connectivity index (χ0n) is 15.3. The summed E-state index contributed by atoms with van der Waals surface area (Å²) >= 11 is 0. The fourth-order valence-corrected chi connectivity index (χ4v) is 2.45. The van der Waals surface area contributed by atoms with Crippen LogP contribution >= 0.6 is 0 Å². The number of hydrogen-bond donors (Lipinski definition) is 0. The molecular formula is C22H16N2O4. The Labute approximate surface area is 162 Å². The molecule has 0 aliphatic rings. The molecule has 0 bridgehead atoms. The van der Waals surface area contributed by atoms with Crippen LogP contribution in [-0.4, -0.2) is 14.2 Å². The summed E-state index contributed by atoms with van der Waals surface area (Å²) in [5.74, 6) is 3.09. The number of rotatable bonds is 6. The maximum atomic E-state index is 9.32. The summed E-state index contributed by atoms with van der Waals surface area (Å²) in [6, 6.07) is 21.0. The predicted molar refractivity (Wildman–Crippen MR) is 102 cm³/mol. The Morgan fingerprint density at radius 1 is 0.571 bits per heavy atom. The van der Waals surface area contributed by atoms with E-state index in [0.29, 0.717) is 34.5 Å². The zero-order valence-corrected chi connectivity index (χ0v) is 15.3. The molecule has 0 aliphatic carbocycles. The lowest BCUT2D eigenvalue weighted by atomic mass is 10.1. The molecular weight excluding hydrogens is 356 g/mol. The van der Waals surface area contributed by atoms with Crippen molar-refractivity contribution in [3.63, 3.8) is 0 Å². The maximum absolute atomic E-state index is 9.32. The van der Waals surface area contributed by atoms with Gasteiger partial charge in [0.1, 0.15) is 35.1 Å². The Hall–Kier alpha value is -4.16. The van der Waals surface area contributed by atoms with Gasteiger partial charge in [-0.2, -0.15) is 10.5 Å². The third kappa shape index (κ3) is 4.14. The van der Waals surface area contributed by atoms with E-state index in [1.165, 1.54) is 12.1 Å². The second-order valence-corrected chi connectivity index (χ2v) is 5.62. The van der Waals surface area contributed by atoms with Crippen LogP contribution in [0.3, 0.4) is 0 Å². The first kappa shape index (κ1) is 18.6. The highest BCUT2D eigenvalue weighted by Gasteiger charge is 2.14. The second kappa shape index (κ2) is 8.48. The van der Waals surface area contributed by atoms with E-state index < -0.39 is 0 Å². The van der Waals surface area contributed by atoms with E-state index in [2.05, 4.69) is 0 Å². The Balaban J connectivity index is 1.98. The SMILES string of the molecule is COc1ccc(Oc2cc(C#N)c(C#N)cc2Oc2ccc(OC)cc2)cc1. The summed E-state index contributed by atoms with van der Waals surface area (Å²) in [7, 11) is 3.16. The minimum atomic E-state index is 0.202. The summed E-state index contributed by atoms with van der Waals surface area (Å²) < 4.78 is 22.1. The normalized spacial score (nSPS) is 9.71. The molecule has 0 unspecified atom stereocenters. The van der Waals surface area contributed by atoms with Gasteiger partial charge in [0.15, 0.2) is 11.5 Å². The van der Waals surface area contributed by atoms with Gasteiger partial charge in [0, 0.05) is 12.1 Å². The van der Waals surface area contributed by atoms with Crippen molar-refractivity contribution in [3.05, 3.63) is 71.8 Å². The van der Waals surface area contributed by atoms with Crippen molar-refractivity contribution in [2.45, 2.75) is 0 Å². The Kier molecular flexibility index (Phi) is 5.64. The molecule has 3 aromatic carbocycles. The third-order valence-electron chi connectivity index (χ3n) is 3.90. The number of nitriles is 2. The summed E-state index contributed by atoms with van der Waals surface area (Å²) in [6.45, 7) is 0. The molecule has 0 spiro atoms. The molecule has 3 aromatic rings. The van der Waals surface area contributed by atoms with Crippen LogP contribution in [-0.2, 0) is 0 Å². The van der Waals surface area contributed by atoms with E-state index in [4.69, 9.17) is 18.9 Å². The zero-order chi connectivity index (χ0) is 19.9. The predicted octanol–water partition coefficient (Wildman–Crippen LogP) is 5.03. The van der Waals surface area contributed by atoms with E-state index in [-0.39, 0.29) is 11.1 Å². The summed E-state index contributed by atoms with van der Waals surface area (Å²) in [5, 5.41) is 18.6. The van der Waals surface area contributed by atoms with Crippen molar-refractivity contribution in [1.29, 1.82) is 10.5 Å². The Morgan fingerprint density at radius 3 is 1.18 bits per heavy atom. The molecule has 0 saturated carbocycles. The van der Waals surface area contributed by atoms with Gasteiger partial charge < -0.3 is 18.9 Å². The fraction of sp³-hybridized carbons (Fsp3) is 0.0909. The summed E-state index contributed by atoms with van der Waals surface area (Å²) in [4.78, 5) is 0. The molecule has 28 heavy (non-hydrogen) atoms. The van der Waals surface area contributed by atoms with Crippen LogP contribution in [0.25, 0.3) is 0 Å². The van der Waals surface area contributed by atoms with Crippen LogP contribution in [0.5, 0.6) is 34.5 Å². The van der Waals surface area contributed by atoms with Gasteiger partial charge in [0.05, 0.1) is 25.3 Å². The first-order valence-corrected chi connectivity index (χ1v) is 8.29. The van der Waals surface area contributed by atoms with Crippen LogP contribution in [0.1, 0.15) is 11.1 Å². The Morgan fingerprint density at radius 2 is 0.893 bits per heavy atom. The quantitative estimate of drug-likeness (QED) is 0.603. The average Bonchev–Trinajstić information content (AvgIpc) is 2.75. The van der Waals surface area contributed by atoms with Gasteiger partial charge in [-0.15, -0.1) is 0 Å². The molecule has 0 radical (unpaired) electrons.